The Morgan fingerprint density at radius 2 is 1.76 bits per heavy atom. The SMILES string of the molecule is CC.CC.Cc1ccnc2cc(=O)n(C)cc12. The van der Waals surface area contributed by atoms with E-state index in [1.54, 1.807) is 23.9 Å². The minimum Gasteiger partial charge on any atom is -0.318 e. The van der Waals surface area contributed by atoms with Gasteiger partial charge in [-0.3, -0.25) is 9.78 Å². The van der Waals surface area contributed by atoms with Crippen molar-refractivity contribution in [3.63, 3.8) is 0 Å². The monoisotopic (exact) mass is 234 g/mol. The number of fused-ring (bicyclic) bond motifs is 1. The van der Waals surface area contributed by atoms with Crippen LogP contribution < -0.4 is 5.56 Å². The molecule has 0 unspecified atom stereocenters. The van der Waals surface area contributed by atoms with Crippen molar-refractivity contribution in [3.05, 3.63) is 40.4 Å². The van der Waals surface area contributed by atoms with Gasteiger partial charge in [0.25, 0.3) is 5.56 Å². The number of aromatic nitrogens is 2. The lowest BCUT2D eigenvalue weighted by atomic mass is 10.2. The second kappa shape index (κ2) is 7.60. The Morgan fingerprint density at radius 1 is 1.18 bits per heavy atom. The van der Waals surface area contributed by atoms with Crippen LogP contribution in [-0.2, 0) is 7.05 Å². The Kier molecular flexibility index (Phi) is 6.87. The molecule has 0 aliphatic rings. The fourth-order valence-electron chi connectivity index (χ4n) is 1.35. The molecule has 2 aromatic rings. The van der Waals surface area contributed by atoms with E-state index in [1.807, 2.05) is 46.9 Å². The maximum atomic E-state index is 11.3. The van der Waals surface area contributed by atoms with Crippen LogP contribution in [0.2, 0.25) is 0 Å². The minimum atomic E-state index is -0.0226. The summed E-state index contributed by atoms with van der Waals surface area (Å²) < 4.78 is 1.57. The van der Waals surface area contributed by atoms with Gasteiger partial charge in [-0.25, -0.2) is 0 Å². The maximum absolute atomic E-state index is 11.3. The number of nitrogens with zero attached hydrogens (tertiary/aromatic N) is 2. The van der Waals surface area contributed by atoms with Crippen molar-refractivity contribution in [3.8, 4) is 0 Å². The summed E-state index contributed by atoms with van der Waals surface area (Å²) in [5.41, 5.74) is 1.88. The highest BCUT2D eigenvalue weighted by Crippen LogP contribution is 2.12. The summed E-state index contributed by atoms with van der Waals surface area (Å²) >= 11 is 0. The van der Waals surface area contributed by atoms with E-state index in [1.165, 1.54) is 0 Å². The second-order valence-corrected chi connectivity index (χ2v) is 3.15. The van der Waals surface area contributed by atoms with Gasteiger partial charge in [-0.2, -0.15) is 0 Å². The average molecular weight is 234 g/mol. The van der Waals surface area contributed by atoms with E-state index in [9.17, 15) is 4.79 Å². The van der Waals surface area contributed by atoms with Crippen molar-refractivity contribution < 1.29 is 0 Å². The molecule has 0 bridgehead atoms. The number of hydrogen-bond donors (Lipinski definition) is 0. The van der Waals surface area contributed by atoms with Gasteiger partial charge >= 0.3 is 0 Å². The van der Waals surface area contributed by atoms with Crippen LogP contribution in [0.4, 0.5) is 0 Å². The second-order valence-electron chi connectivity index (χ2n) is 3.15. The molecule has 3 heteroatoms. The number of pyridine rings is 2. The van der Waals surface area contributed by atoms with E-state index in [0.717, 1.165) is 16.5 Å². The van der Waals surface area contributed by atoms with Gasteiger partial charge in [0, 0.05) is 30.9 Å². The zero-order chi connectivity index (χ0) is 13.4. The molecule has 2 rings (SSSR count). The number of rotatable bonds is 0. The van der Waals surface area contributed by atoms with Crippen LogP contribution in [0, 0.1) is 6.92 Å². The number of hydrogen-bond acceptors (Lipinski definition) is 2. The molecule has 0 saturated heterocycles. The van der Waals surface area contributed by atoms with Crippen LogP contribution in [-0.4, -0.2) is 9.55 Å². The van der Waals surface area contributed by atoms with Crippen molar-refractivity contribution in [1.82, 2.24) is 9.55 Å². The highest BCUT2D eigenvalue weighted by Gasteiger charge is 1.99. The van der Waals surface area contributed by atoms with Gasteiger partial charge < -0.3 is 4.57 Å². The van der Waals surface area contributed by atoms with Crippen LogP contribution in [0.15, 0.2) is 29.3 Å². The third kappa shape index (κ3) is 3.70. The molecule has 94 valence electrons. The van der Waals surface area contributed by atoms with Crippen molar-refractivity contribution in [2.75, 3.05) is 0 Å². The third-order valence-electron chi connectivity index (χ3n) is 2.17. The maximum Gasteiger partial charge on any atom is 0.252 e. The zero-order valence-electron chi connectivity index (χ0n) is 11.6. The van der Waals surface area contributed by atoms with Crippen molar-refractivity contribution in [2.24, 2.45) is 7.05 Å². The highest BCUT2D eigenvalue weighted by atomic mass is 16.1. The van der Waals surface area contributed by atoms with Gasteiger partial charge in [-0.15, -0.1) is 0 Å². The topological polar surface area (TPSA) is 34.9 Å². The Bertz CT molecular complexity index is 515. The Morgan fingerprint density at radius 3 is 2.35 bits per heavy atom. The van der Waals surface area contributed by atoms with E-state index in [4.69, 9.17) is 0 Å². The average Bonchev–Trinajstić information content (AvgIpc) is 2.37. The first-order valence-corrected chi connectivity index (χ1v) is 6.10. The lowest BCUT2D eigenvalue weighted by Crippen LogP contribution is -2.14. The first-order valence-electron chi connectivity index (χ1n) is 6.10. The molecule has 17 heavy (non-hydrogen) atoms. The van der Waals surface area contributed by atoms with Crippen molar-refractivity contribution >= 4 is 10.9 Å². The smallest absolute Gasteiger partial charge is 0.252 e. The van der Waals surface area contributed by atoms with E-state index in [2.05, 4.69) is 4.98 Å². The Hall–Kier alpha value is -1.64. The lowest BCUT2D eigenvalue weighted by molar-refractivity contribution is 0.868. The standard InChI is InChI=1S/C10H10N2O.2C2H6/c1-7-3-4-11-9-5-10(13)12(2)6-8(7)9;2*1-2/h3-6H,1-2H3;2*1-2H3. The largest absolute Gasteiger partial charge is 0.318 e. The van der Waals surface area contributed by atoms with Gasteiger partial charge in [0.15, 0.2) is 0 Å². The van der Waals surface area contributed by atoms with Crippen LogP contribution >= 0.6 is 0 Å². The predicted molar refractivity (Wildman–Crippen MR) is 74.4 cm³/mol. The third-order valence-corrected chi connectivity index (χ3v) is 2.17. The Labute approximate surface area is 103 Å². The van der Waals surface area contributed by atoms with Gasteiger partial charge in [-0.05, 0) is 18.6 Å². The van der Waals surface area contributed by atoms with E-state index in [0.29, 0.717) is 0 Å². The summed E-state index contributed by atoms with van der Waals surface area (Å²) in [6.45, 7) is 10.0. The summed E-state index contributed by atoms with van der Waals surface area (Å²) in [7, 11) is 1.74. The fraction of sp³-hybridized carbons (Fsp3) is 0.429. The summed E-state index contributed by atoms with van der Waals surface area (Å²) in [4.78, 5) is 15.4. The number of aryl methyl sites for hydroxylation is 2. The van der Waals surface area contributed by atoms with E-state index >= 15 is 0 Å². The van der Waals surface area contributed by atoms with Crippen LogP contribution in [0.1, 0.15) is 33.3 Å². The molecule has 0 saturated carbocycles. The van der Waals surface area contributed by atoms with Gasteiger partial charge in [0.1, 0.15) is 0 Å². The first kappa shape index (κ1) is 15.4. The molecule has 0 radical (unpaired) electrons. The molecule has 2 heterocycles. The molecule has 0 amide bonds. The lowest BCUT2D eigenvalue weighted by Gasteiger charge is -2.02. The molecule has 0 spiro atoms. The van der Waals surface area contributed by atoms with Crippen LogP contribution in [0.5, 0.6) is 0 Å². The molecule has 0 aliphatic carbocycles. The van der Waals surface area contributed by atoms with E-state index < -0.39 is 0 Å². The summed E-state index contributed by atoms with van der Waals surface area (Å²) in [5.74, 6) is 0. The van der Waals surface area contributed by atoms with Crippen molar-refractivity contribution in [1.29, 1.82) is 0 Å². The summed E-state index contributed by atoms with van der Waals surface area (Å²) in [6, 6.07) is 3.50. The van der Waals surface area contributed by atoms with Crippen LogP contribution in [0.3, 0.4) is 0 Å². The minimum absolute atomic E-state index is 0.0226. The molecule has 2 aromatic heterocycles. The molecule has 0 fully saturated rings. The normalized spacial score (nSPS) is 8.82. The Balaban J connectivity index is 0.000000581. The molecule has 3 nitrogen and oxygen atoms in total. The van der Waals surface area contributed by atoms with Gasteiger partial charge in [-0.1, -0.05) is 27.7 Å². The first-order chi connectivity index (χ1) is 8.18. The van der Waals surface area contributed by atoms with Gasteiger partial charge in [0.2, 0.25) is 0 Å². The molecule has 0 N–H and O–H groups in total. The molecular weight excluding hydrogens is 212 g/mol. The zero-order valence-corrected chi connectivity index (χ0v) is 11.6. The summed E-state index contributed by atoms with van der Waals surface area (Å²) in [6.07, 6.45) is 3.54. The highest BCUT2D eigenvalue weighted by molar-refractivity contribution is 5.80. The van der Waals surface area contributed by atoms with Crippen molar-refractivity contribution in [2.45, 2.75) is 34.6 Å². The molecule has 0 aliphatic heterocycles. The van der Waals surface area contributed by atoms with Gasteiger partial charge in [0.05, 0.1) is 5.52 Å². The molecular formula is C14H22N2O. The predicted octanol–water partition coefficient (Wildman–Crippen LogP) is 3.29. The fourth-order valence-corrected chi connectivity index (χ4v) is 1.35. The molecule has 0 atom stereocenters. The van der Waals surface area contributed by atoms with E-state index in [-0.39, 0.29) is 5.56 Å². The molecule has 0 aromatic carbocycles. The van der Waals surface area contributed by atoms with Crippen LogP contribution in [0.25, 0.3) is 10.9 Å². The summed E-state index contributed by atoms with van der Waals surface area (Å²) in [5, 5.41) is 1.03. The quantitative estimate of drug-likeness (QED) is 0.701.